The van der Waals surface area contributed by atoms with Gasteiger partial charge in [0.2, 0.25) is 0 Å². The maximum absolute atomic E-state index is 12.6. The molecule has 0 amide bonds. The molecule has 0 spiro atoms. The number of benzene rings is 1. The SMILES string of the molecule is N#CC1CC(c2ccc(OC(F)F)c(OCC3CC3)c2)CCC1=O. The van der Waals surface area contributed by atoms with Crippen molar-refractivity contribution in [2.24, 2.45) is 11.8 Å². The molecule has 2 aliphatic carbocycles. The summed E-state index contributed by atoms with van der Waals surface area (Å²) in [5.41, 5.74) is 0.898. The monoisotopic (exact) mass is 335 g/mol. The Labute approximate surface area is 139 Å². The molecule has 2 saturated carbocycles. The van der Waals surface area contributed by atoms with Crippen LogP contribution in [0.4, 0.5) is 8.78 Å². The molecule has 2 fully saturated rings. The number of ketones is 1. The molecule has 0 aliphatic heterocycles. The maximum Gasteiger partial charge on any atom is 0.387 e. The Hall–Kier alpha value is -2.16. The topological polar surface area (TPSA) is 59.3 Å². The normalized spacial score (nSPS) is 23.8. The first-order valence-electron chi connectivity index (χ1n) is 8.20. The summed E-state index contributed by atoms with van der Waals surface area (Å²) < 4.78 is 35.3. The van der Waals surface area contributed by atoms with Crippen LogP contribution in [-0.2, 0) is 4.79 Å². The van der Waals surface area contributed by atoms with E-state index in [2.05, 4.69) is 4.74 Å². The van der Waals surface area contributed by atoms with Gasteiger partial charge < -0.3 is 9.47 Å². The van der Waals surface area contributed by atoms with Crippen molar-refractivity contribution >= 4 is 5.78 Å². The van der Waals surface area contributed by atoms with Gasteiger partial charge in [0.05, 0.1) is 12.7 Å². The van der Waals surface area contributed by atoms with E-state index in [1.807, 2.05) is 6.07 Å². The van der Waals surface area contributed by atoms with Crippen LogP contribution in [0.25, 0.3) is 0 Å². The van der Waals surface area contributed by atoms with Gasteiger partial charge in [0.1, 0.15) is 11.7 Å². The third kappa shape index (κ3) is 4.02. The molecule has 6 heteroatoms. The zero-order valence-electron chi connectivity index (χ0n) is 13.2. The van der Waals surface area contributed by atoms with Gasteiger partial charge in [-0.3, -0.25) is 4.79 Å². The van der Waals surface area contributed by atoms with Crippen LogP contribution < -0.4 is 9.47 Å². The average Bonchev–Trinajstić information content (AvgIpc) is 3.38. The molecule has 0 bridgehead atoms. The highest BCUT2D eigenvalue weighted by atomic mass is 19.3. The van der Waals surface area contributed by atoms with E-state index in [0.717, 1.165) is 18.4 Å². The van der Waals surface area contributed by atoms with Gasteiger partial charge >= 0.3 is 6.61 Å². The first-order chi connectivity index (χ1) is 11.6. The summed E-state index contributed by atoms with van der Waals surface area (Å²) in [6.07, 6.45) is 3.69. The van der Waals surface area contributed by atoms with Gasteiger partial charge in [-0.2, -0.15) is 14.0 Å². The van der Waals surface area contributed by atoms with Gasteiger partial charge in [-0.15, -0.1) is 0 Å². The second-order valence-corrected chi connectivity index (χ2v) is 6.46. The van der Waals surface area contributed by atoms with Crippen molar-refractivity contribution in [2.75, 3.05) is 6.61 Å². The Morgan fingerprint density at radius 3 is 2.71 bits per heavy atom. The van der Waals surface area contributed by atoms with Crippen LogP contribution in [0.1, 0.15) is 43.6 Å². The number of alkyl halides is 2. The maximum atomic E-state index is 12.6. The van der Waals surface area contributed by atoms with Crippen molar-refractivity contribution in [1.29, 1.82) is 5.26 Å². The number of carbonyl (C=O) groups excluding carboxylic acids is 1. The largest absolute Gasteiger partial charge is 0.489 e. The van der Waals surface area contributed by atoms with Gasteiger partial charge in [-0.25, -0.2) is 0 Å². The fraction of sp³-hybridized carbons (Fsp3) is 0.556. The van der Waals surface area contributed by atoms with Crippen molar-refractivity contribution in [1.82, 2.24) is 0 Å². The molecule has 3 rings (SSSR count). The van der Waals surface area contributed by atoms with Crippen LogP contribution in [-0.4, -0.2) is 19.0 Å². The van der Waals surface area contributed by atoms with Crippen LogP contribution in [0.2, 0.25) is 0 Å². The number of ether oxygens (including phenoxy) is 2. The number of hydrogen-bond donors (Lipinski definition) is 0. The molecule has 0 heterocycles. The van der Waals surface area contributed by atoms with Crippen LogP contribution in [0, 0.1) is 23.2 Å². The molecule has 0 N–H and O–H groups in total. The molecule has 0 saturated heterocycles. The number of nitrogens with zero attached hydrogens (tertiary/aromatic N) is 1. The average molecular weight is 335 g/mol. The summed E-state index contributed by atoms with van der Waals surface area (Å²) in [6.45, 7) is -2.41. The molecule has 4 nitrogen and oxygen atoms in total. The number of Topliss-reactive ketones (excluding diaryl/α,β-unsaturated/α-hetero) is 1. The summed E-state index contributed by atoms with van der Waals surface area (Å²) in [6, 6.07) is 6.97. The quantitative estimate of drug-likeness (QED) is 0.787. The molecule has 0 aromatic heterocycles. The van der Waals surface area contributed by atoms with E-state index in [1.54, 1.807) is 12.1 Å². The minimum atomic E-state index is -2.91. The lowest BCUT2D eigenvalue weighted by Gasteiger charge is -2.25. The second-order valence-electron chi connectivity index (χ2n) is 6.46. The van der Waals surface area contributed by atoms with Gasteiger partial charge in [0.15, 0.2) is 11.5 Å². The molecule has 2 unspecified atom stereocenters. The van der Waals surface area contributed by atoms with Crippen LogP contribution in [0.3, 0.4) is 0 Å². The van der Waals surface area contributed by atoms with Crippen LogP contribution >= 0.6 is 0 Å². The summed E-state index contributed by atoms with van der Waals surface area (Å²) >= 11 is 0. The lowest BCUT2D eigenvalue weighted by molar-refractivity contribution is -0.123. The van der Waals surface area contributed by atoms with Crippen LogP contribution in [0.15, 0.2) is 18.2 Å². The zero-order valence-corrected chi connectivity index (χ0v) is 13.2. The van der Waals surface area contributed by atoms with Crippen molar-refractivity contribution < 1.29 is 23.0 Å². The number of nitriles is 1. The number of halogens is 2. The second kappa shape index (κ2) is 7.16. The Balaban J connectivity index is 1.78. The van der Waals surface area contributed by atoms with Crippen molar-refractivity contribution in [3.8, 4) is 17.6 Å². The van der Waals surface area contributed by atoms with E-state index >= 15 is 0 Å². The molecule has 1 aromatic carbocycles. The Kier molecular flexibility index (Phi) is 4.98. The van der Waals surface area contributed by atoms with Crippen LogP contribution in [0.5, 0.6) is 11.5 Å². The van der Waals surface area contributed by atoms with Gasteiger partial charge in [-0.05, 0) is 55.2 Å². The lowest BCUT2D eigenvalue weighted by atomic mass is 9.78. The number of carbonyl (C=O) groups is 1. The van der Waals surface area contributed by atoms with Crippen molar-refractivity contribution in [2.45, 2.75) is 44.6 Å². The third-order valence-corrected chi connectivity index (χ3v) is 4.63. The Morgan fingerprint density at radius 1 is 1.25 bits per heavy atom. The van der Waals surface area contributed by atoms with E-state index in [9.17, 15) is 13.6 Å². The fourth-order valence-corrected chi connectivity index (χ4v) is 3.03. The summed E-state index contributed by atoms with van der Waals surface area (Å²) in [5, 5.41) is 9.08. The van der Waals surface area contributed by atoms with E-state index < -0.39 is 12.5 Å². The lowest BCUT2D eigenvalue weighted by Crippen LogP contribution is -2.22. The van der Waals surface area contributed by atoms with Gasteiger partial charge in [-0.1, -0.05) is 6.07 Å². The van der Waals surface area contributed by atoms with E-state index in [1.165, 1.54) is 6.07 Å². The van der Waals surface area contributed by atoms with Gasteiger partial charge in [0, 0.05) is 6.42 Å². The highest BCUT2D eigenvalue weighted by molar-refractivity contribution is 5.84. The molecular weight excluding hydrogens is 316 g/mol. The molecule has 2 atom stereocenters. The highest BCUT2D eigenvalue weighted by Crippen LogP contribution is 2.39. The summed E-state index contributed by atoms with van der Waals surface area (Å²) in [5.74, 6) is 0.274. The Morgan fingerprint density at radius 2 is 2.04 bits per heavy atom. The number of rotatable bonds is 6. The predicted molar refractivity (Wildman–Crippen MR) is 82.0 cm³/mol. The first kappa shape index (κ1) is 16.7. The van der Waals surface area contributed by atoms with E-state index in [0.29, 0.717) is 37.5 Å². The number of hydrogen-bond acceptors (Lipinski definition) is 4. The zero-order chi connectivity index (χ0) is 17.1. The third-order valence-electron chi connectivity index (χ3n) is 4.63. The minimum absolute atomic E-state index is 0.0170. The van der Waals surface area contributed by atoms with E-state index in [-0.39, 0.29) is 17.5 Å². The van der Waals surface area contributed by atoms with Crippen molar-refractivity contribution in [3.05, 3.63) is 23.8 Å². The summed E-state index contributed by atoms with van der Waals surface area (Å²) in [7, 11) is 0. The van der Waals surface area contributed by atoms with Crippen molar-refractivity contribution in [3.63, 3.8) is 0 Å². The molecule has 1 aromatic rings. The molecule has 0 radical (unpaired) electrons. The summed E-state index contributed by atoms with van der Waals surface area (Å²) in [4.78, 5) is 11.7. The highest BCUT2D eigenvalue weighted by Gasteiger charge is 2.30. The fourth-order valence-electron chi connectivity index (χ4n) is 3.03. The Bertz CT molecular complexity index is 652. The molecular formula is C18H19F2NO3. The molecule has 2 aliphatic rings. The predicted octanol–water partition coefficient (Wildman–Crippen LogP) is 4.05. The molecule has 24 heavy (non-hydrogen) atoms. The first-order valence-corrected chi connectivity index (χ1v) is 8.20. The minimum Gasteiger partial charge on any atom is -0.489 e. The van der Waals surface area contributed by atoms with Gasteiger partial charge in [0.25, 0.3) is 0 Å². The smallest absolute Gasteiger partial charge is 0.387 e. The standard InChI is InChI=1S/C18H19F2NO3/c19-18(20)24-16-6-4-13(8-17(16)23-10-11-1-2-11)12-3-5-15(22)14(7-12)9-21/h4,6,8,11-12,14,18H,1-3,5,7,10H2. The molecule has 128 valence electrons. The van der Waals surface area contributed by atoms with E-state index in [4.69, 9.17) is 10.00 Å².